The molecule has 1 aromatic rings. The Morgan fingerprint density at radius 1 is 1.24 bits per heavy atom. The van der Waals surface area contributed by atoms with Gasteiger partial charge in [0.1, 0.15) is 5.82 Å². The van der Waals surface area contributed by atoms with E-state index in [9.17, 15) is 23.6 Å². The third-order valence-corrected chi connectivity index (χ3v) is 6.23. The highest BCUT2D eigenvalue weighted by Gasteiger charge is 2.45. The van der Waals surface area contributed by atoms with E-state index in [0.29, 0.717) is 18.4 Å². The zero-order chi connectivity index (χ0) is 21.0. The molecule has 1 aromatic carbocycles. The number of esters is 1. The van der Waals surface area contributed by atoms with Crippen LogP contribution in [0.4, 0.5) is 9.18 Å². The number of imide groups is 1. The molecule has 1 saturated heterocycles. The van der Waals surface area contributed by atoms with E-state index < -0.39 is 23.4 Å². The van der Waals surface area contributed by atoms with Crippen LogP contribution in [0.25, 0.3) is 0 Å². The quantitative estimate of drug-likeness (QED) is 0.679. The van der Waals surface area contributed by atoms with Gasteiger partial charge in [0.25, 0.3) is 11.1 Å². The Kier molecular flexibility index (Phi) is 6.56. The van der Waals surface area contributed by atoms with Crippen molar-refractivity contribution in [1.29, 1.82) is 0 Å². The molecule has 2 aliphatic rings. The fraction of sp³-hybridized carbons (Fsp3) is 0.500. The first-order valence-electron chi connectivity index (χ1n) is 9.55. The molecule has 1 heterocycles. The van der Waals surface area contributed by atoms with Crippen LogP contribution in [0.1, 0.15) is 38.2 Å². The van der Waals surface area contributed by atoms with Crippen LogP contribution >= 0.6 is 11.8 Å². The van der Waals surface area contributed by atoms with Crippen LogP contribution in [0.15, 0.2) is 24.3 Å². The molecular formula is C20H23FN2O5S. The first-order chi connectivity index (χ1) is 13.8. The number of carbonyl (C=O) groups excluding carboxylic acids is 4. The lowest BCUT2D eigenvalue weighted by Crippen LogP contribution is -2.44. The van der Waals surface area contributed by atoms with E-state index in [-0.39, 0.29) is 35.8 Å². The highest BCUT2D eigenvalue weighted by molar-refractivity contribution is 8.14. The van der Waals surface area contributed by atoms with Gasteiger partial charge in [-0.25, -0.2) is 4.39 Å². The molecule has 29 heavy (non-hydrogen) atoms. The summed E-state index contributed by atoms with van der Waals surface area (Å²) in [5.41, 5.74) is -0.175. The Bertz CT molecular complexity index is 792. The molecule has 0 aromatic heterocycles. The third kappa shape index (κ3) is 4.60. The summed E-state index contributed by atoms with van der Waals surface area (Å²) in [6, 6.07) is 5.82. The molecule has 1 atom stereocenters. The van der Waals surface area contributed by atoms with Crippen molar-refractivity contribution in [2.45, 2.75) is 44.1 Å². The van der Waals surface area contributed by atoms with Gasteiger partial charge in [-0.2, -0.15) is 0 Å². The Morgan fingerprint density at radius 2 is 1.90 bits per heavy atom. The molecule has 1 aliphatic carbocycles. The molecule has 156 valence electrons. The lowest BCUT2D eigenvalue weighted by molar-refractivity contribution is -0.160. The predicted molar refractivity (Wildman–Crippen MR) is 105 cm³/mol. The van der Waals surface area contributed by atoms with Crippen LogP contribution in [0.3, 0.4) is 0 Å². The average molecular weight is 422 g/mol. The molecule has 3 amide bonds. The molecule has 1 saturated carbocycles. The Balaban J connectivity index is 1.56. The average Bonchev–Trinajstić information content (AvgIpc) is 3.31. The maximum atomic E-state index is 13.3. The van der Waals surface area contributed by atoms with Crippen LogP contribution in [-0.4, -0.2) is 52.9 Å². The van der Waals surface area contributed by atoms with Crippen molar-refractivity contribution in [3.63, 3.8) is 0 Å². The second-order valence-electron chi connectivity index (χ2n) is 7.23. The van der Waals surface area contributed by atoms with Crippen LogP contribution in [-0.2, 0) is 24.5 Å². The van der Waals surface area contributed by atoms with Gasteiger partial charge < -0.3 is 10.1 Å². The van der Waals surface area contributed by atoms with Gasteiger partial charge in [-0.05, 0) is 37.5 Å². The van der Waals surface area contributed by atoms with Gasteiger partial charge in [0.2, 0.25) is 5.91 Å². The van der Waals surface area contributed by atoms with Gasteiger partial charge >= 0.3 is 5.97 Å². The number of thioether (sulfide) groups is 1. The number of ether oxygens (including phenoxy) is 1. The van der Waals surface area contributed by atoms with E-state index in [0.717, 1.165) is 29.5 Å². The summed E-state index contributed by atoms with van der Waals surface area (Å²) in [7, 11) is 0. The molecular weight excluding hydrogens is 399 g/mol. The van der Waals surface area contributed by atoms with Crippen molar-refractivity contribution in [3.05, 3.63) is 35.6 Å². The lowest BCUT2D eigenvalue weighted by Gasteiger charge is -2.28. The topological polar surface area (TPSA) is 92.8 Å². The molecule has 9 heteroatoms. The smallest absolute Gasteiger partial charge is 0.317 e. The normalized spacial score (nSPS) is 19.3. The van der Waals surface area contributed by atoms with Crippen LogP contribution in [0, 0.1) is 5.82 Å². The minimum absolute atomic E-state index is 0.0800. The van der Waals surface area contributed by atoms with Gasteiger partial charge in [0.15, 0.2) is 6.10 Å². The van der Waals surface area contributed by atoms with E-state index >= 15 is 0 Å². The molecule has 0 bridgehead atoms. The monoisotopic (exact) mass is 422 g/mol. The van der Waals surface area contributed by atoms with Crippen molar-refractivity contribution >= 4 is 34.8 Å². The van der Waals surface area contributed by atoms with Gasteiger partial charge in [-0.15, -0.1) is 0 Å². The fourth-order valence-electron chi connectivity index (χ4n) is 3.72. The molecule has 7 nitrogen and oxygen atoms in total. The Morgan fingerprint density at radius 3 is 2.48 bits per heavy atom. The summed E-state index contributed by atoms with van der Waals surface area (Å²) in [6.07, 6.45) is 1.84. The molecule has 1 aliphatic heterocycles. The predicted octanol–water partition coefficient (Wildman–Crippen LogP) is 2.38. The highest BCUT2D eigenvalue weighted by Crippen LogP contribution is 2.42. The minimum atomic E-state index is -1.03. The maximum absolute atomic E-state index is 13.3. The van der Waals surface area contributed by atoms with E-state index in [2.05, 4.69) is 5.32 Å². The number of benzene rings is 1. The number of nitrogens with one attached hydrogen (secondary N) is 1. The third-order valence-electron chi connectivity index (χ3n) is 5.37. The van der Waals surface area contributed by atoms with Crippen LogP contribution in [0.5, 0.6) is 0 Å². The van der Waals surface area contributed by atoms with E-state index in [1.807, 2.05) is 0 Å². The second-order valence-corrected chi connectivity index (χ2v) is 8.16. The van der Waals surface area contributed by atoms with Gasteiger partial charge in [0.05, 0.1) is 11.2 Å². The van der Waals surface area contributed by atoms with Crippen molar-refractivity contribution in [3.8, 4) is 0 Å². The van der Waals surface area contributed by atoms with Crippen molar-refractivity contribution in [1.82, 2.24) is 10.2 Å². The molecule has 0 unspecified atom stereocenters. The number of rotatable bonds is 7. The summed E-state index contributed by atoms with van der Waals surface area (Å²) in [5.74, 6) is -1.54. The maximum Gasteiger partial charge on any atom is 0.317 e. The van der Waals surface area contributed by atoms with E-state index in [1.165, 1.54) is 19.1 Å². The fourth-order valence-corrected chi connectivity index (χ4v) is 4.47. The minimum Gasteiger partial charge on any atom is -0.452 e. The van der Waals surface area contributed by atoms with Gasteiger partial charge in [-0.1, -0.05) is 36.7 Å². The summed E-state index contributed by atoms with van der Waals surface area (Å²) in [5, 5.41) is 2.26. The summed E-state index contributed by atoms with van der Waals surface area (Å²) in [6.45, 7) is 1.64. The van der Waals surface area contributed by atoms with Crippen molar-refractivity contribution < 1.29 is 28.3 Å². The molecule has 2 fully saturated rings. The van der Waals surface area contributed by atoms with E-state index in [4.69, 9.17) is 4.74 Å². The standard InChI is InChI=1S/C20H23FN2O5S/c1-13(17(25)22-10-11-23-16(24)12-29-19(23)27)28-18(26)20(8-2-3-9-20)14-4-6-15(21)7-5-14/h4-7,13H,2-3,8-12H2,1H3,(H,22,25)/t13-/m1/s1. The number of carbonyl (C=O) groups is 4. The van der Waals surface area contributed by atoms with Crippen molar-refractivity contribution in [2.75, 3.05) is 18.8 Å². The summed E-state index contributed by atoms with van der Waals surface area (Å²) in [4.78, 5) is 49.4. The zero-order valence-corrected chi connectivity index (χ0v) is 16.9. The second kappa shape index (κ2) is 8.94. The molecule has 1 N–H and O–H groups in total. The SMILES string of the molecule is C[C@@H](OC(=O)C1(c2ccc(F)cc2)CCCC1)C(=O)NCCN1C(=O)CSC1=O. The highest BCUT2D eigenvalue weighted by atomic mass is 32.2. The van der Waals surface area contributed by atoms with E-state index in [1.54, 1.807) is 12.1 Å². The Labute approximate surface area is 172 Å². The number of hydrogen-bond acceptors (Lipinski definition) is 6. The number of amides is 3. The number of hydrogen-bond donors (Lipinski definition) is 1. The zero-order valence-electron chi connectivity index (χ0n) is 16.1. The first kappa shape index (κ1) is 21.3. The van der Waals surface area contributed by atoms with Crippen LogP contribution < -0.4 is 5.32 Å². The Hall–Kier alpha value is -2.42. The summed E-state index contributed by atoms with van der Waals surface area (Å²) < 4.78 is 18.7. The largest absolute Gasteiger partial charge is 0.452 e. The molecule has 0 radical (unpaired) electrons. The van der Waals surface area contributed by atoms with Crippen LogP contribution in [0.2, 0.25) is 0 Å². The van der Waals surface area contributed by atoms with Gasteiger partial charge in [-0.3, -0.25) is 24.1 Å². The van der Waals surface area contributed by atoms with Gasteiger partial charge in [0, 0.05) is 13.1 Å². The van der Waals surface area contributed by atoms with Crippen molar-refractivity contribution in [2.24, 2.45) is 0 Å². The number of nitrogens with zero attached hydrogens (tertiary/aromatic N) is 1. The molecule has 0 spiro atoms. The lowest BCUT2D eigenvalue weighted by atomic mass is 9.79. The number of halogens is 1. The summed E-state index contributed by atoms with van der Waals surface area (Å²) >= 11 is 0.931. The first-order valence-corrected chi connectivity index (χ1v) is 10.5. The molecule has 3 rings (SSSR count).